The van der Waals surface area contributed by atoms with Gasteiger partial charge in [-0.2, -0.15) is 0 Å². The molecule has 0 saturated carbocycles. The fourth-order valence-corrected chi connectivity index (χ4v) is 6.22. The summed E-state index contributed by atoms with van der Waals surface area (Å²) < 4.78 is 11.7. The Morgan fingerprint density at radius 1 is 0.947 bits per heavy atom. The van der Waals surface area contributed by atoms with Crippen LogP contribution in [0.5, 0.6) is 11.5 Å². The number of ketones is 1. The van der Waals surface area contributed by atoms with Crippen LogP contribution in [-0.2, 0) is 11.4 Å². The summed E-state index contributed by atoms with van der Waals surface area (Å²) in [5.41, 5.74) is 5.67. The molecule has 4 nitrogen and oxygen atoms in total. The van der Waals surface area contributed by atoms with Gasteiger partial charge in [-0.3, -0.25) is 4.79 Å². The van der Waals surface area contributed by atoms with Crippen molar-refractivity contribution in [3.05, 3.63) is 104 Å². The number of ether oxygens (including phenoxy) is 2. The van der Waals surface area contributed by atoms with Crippen LogP contribution < -0.4 is 14.8 Å². The topological polar surface area (TPSA) is 47.6 Å². The lowest BCUT2D eigenvalue weighted by atomic mass is 9.77. The van der Waals surface area contributed by atoms with Gasteiger partial charge in [-0.25, -0.2) is 0 Å². The average Bonchev–Trinajstić information content (AvgIpc) is 2.92. The van der Waals surface area contributed by atoms with Crippen LogP contribution >= 0.6 is 34.8 Å². The molecular weight excluding hydrogens is 541 g/mol. The number of benzene rings is 4. The highest BCUT2D eigenvalue weighted by Crippen LogP contribution is 2.49. The number of rotatable bonds is 5. The minimum atomic E-state index is -0.349. The van der Waals surface area contributed by atoms with Gasteiger partial charge in [-0.05, 0) is 65.1 Å². The van der Waals surface area contributed by atoms with Gasteiger partial charge in [-0.15, -0.1) is 0 Å². The van der Waals surface area contributed by atoms with Gasteiger partial charge in [0.25, 0.3) is 0 Å². The van der Waals surface area contributed by atoms with Crippen LogP contribution in [0.15, 0.2) is 72.3 Å². The number of hydrogen-bond acceptors (Lipinski definition) is 4. The predicted octanol–water partition coefficient (Wildman–Crippen LogP) is 9.06. The Hall–Kier alpha value is -3.18. The molecule has 0 saturated heterocycles. The Labute approximate surface area is 236 Å². The Morgan fingerprint density at radius 3 is 2.61 bits per heavy atom. The fourth-order valence-electron chi connectivity index (χ4n) is 5.49. The van der Waals surface area contributed by atoms with Crippen LogP contribution in [0.3, 0.4) is 0 Å². The zero-order valence-electron chi connectivity index (χ0n) is 20.6. The van der Waals surface area contributed by atoms with E-state index in [-0.39, 0.29) is 18.4 Å². The second-order valence-electron chi connectivity index (χ2n) is 9.51. The van der Waals surface area contributed by atoms with Crippen molar-refractivity contribution in [3.63, 3.8) is 0 Å². The molecule has 1 N–H and O–H groups in total. The molecule has 4 aromatic carbocycles. The van der Waals surface area contributed by atoms with Crippen LogP contribution in [0, 0.1) is 0 Å². The van der Waals surface area contributed by atoms with Crippen LogP contribution in [0.25, 0.3) is 16.3 Å². The molecular formula is C31H24Cl3NO3. The third-order valence-corrected chi connectivity index (χ3v) is 8.12. The fraction of sp³-hybridized carbons (Fsp3) is 0.194. The van der Waals surface area contributed by atoms with Gasteiger partial charge >= 0.3 is 0 Å². The number of fused-ring (bicyclic) bond motifs is 4. The Morgan fingerprint density at radius 2 is 1.79 bits per heavy atom. The zero-order chi connectivity index (χ0) is 26.4. The summed E-state index contributed by atoms with van der Waals surface area (Å²) in [4.78, 5) is 13.4. The van der Waals surface area contributed by atoms with E-state index in [1.165, 1.54) is 0 Å². The van der Waals surface area contributed by atoms with E-state index in [1.54, 1.807) is 19.2 Å². The SMILES string of the molecule is COc1cc([C@H]2Nc3ccc4ccccc4c3C3=C2C(=O)CCC3)cc(Cl)c1OCc1ccc(Cl)cc1Cl. The lowest BCUT2D eigenvalue weighted by molar-refractivity contribution is -0.116. The zero-order valence-corrected chi connectivity index (χ0v) is 22.9. The number of Topliss-reactive ketones (excluding diaryl/α,β-unsaturated/α-hetero) is 1. The van der Waals surface area contributed by atoms with E-state index in [1.807, 2.05) is 30.3 Å². The summed E-state index contributed by atoms with van der Waals surface area (Å²) in [5.74, 6) is 1.06. The lowest BCUT2D eigenvalue weighted by Gasteiger charge is -2.35. The minimum absolute atomic E-state index is 0.162. The number of halogens is 3. The van der Waals surface area contributed by atoms with Crippen LogP contribution in [0.2, 0.25) is 15.1 Å². The summed E-state index contributed by atoms with van der Waals surface area (Å²) in [6.45, 7) is 0.196. The van der Waals surface area contributed by atoms with Crippen molar-refractivity contribution in [1.29, 1.82) is 0 Å². The molecule has 0 bridgehead atoms. The predicted molar refractivity (Wildman–Crippen MR) is 155 cm³/mol. The van der Waals surface area contributed by atoms with Crippen molar-refractivity contribution in [1.82, 2.24) is 0 Å². The minimum Gasteiger partial charge on any atom is -0.493 e. The number of nitrogens with one attached hydrogen (secondary N) is 1. The number of carbonyl (C=O) groups excluding carboxylic acids is 1. The lowest BCUT2D eigenvalue weighted by Crippen LogP contribution is -2.27. The number of methoxy groups -OCH3 is 1. The standard InChI is InChI=1S/C31H24Cl3NO3/c1-37-27-14-19(13-24(34)31(27)38-16-18-9-11-20(32)15-23(18)33)30-29-22(7-4-8-26(29)36)28-21-6-3-2-5-17(21)10-12-25(28)35-30/h2-3,5-6,9-15,30,35H,4,7-8,16H2,1H3/t30-/m1/s1. The van der Waals surface area contributed by atoms with Gasteiger partial charge < -0.3 is 14.8 Å². The molecule has 38 heavy (non-hydrogen) atoms. The molecule has 1 aliphatic carbocycles. The third-order valence-electron chi connectivity index (χ3n) is 7.25. The van der Waals surface area contributed by atoms with E-state index in [2.05, 4.69) is 29.6 Å². The quantitative estimate of drug-likeness (QED) is 0.263. The van der Waals surface area contributed by atoms with E-state index in [9.17, 15) is 4.79 Å². The van der Waals surface area contributed by atoms with Crippen molar-refractivity contribution < 1.29 is 14.3 Å². The third kappa shape index (κ3) is 4.41. The van der Waals surface area contributed by atoms with Gasteiger partial charge in [0.15, 0.2) is 17.3 Å². The first-order chi connectivity index (χ1) is 18.4. The monoisotopic (exact) mass is 563 g/mol. The molecule has 7 heteroatoms. The molecule has 4 aromatic rings. The summed E-state index contributed by atoms with van der Waals surface area (Å²) >= 11 is 19.1. The van der Waals surface area contributed by atoms with E-state index < -0.39 is 0 Å². The molecule has 1 aliphatic heterocycles. The first kappa shape index (κ1) is 25.1. The van der Waals surface area contributed by atoms with Gasteiger partial charge in [0, 0.05) is 38.9 Å². The second kappa shape index (κ2) is 10.2. The molecule has 1 heterocycles. The van der Waals surface area contributed by atoms with Crippen LogP contribution in [0.1, 0.15) is 42.0 Å². The summed E-state index contributed by atoms with van der Waals surface area (Å²) in [6, 6.07) is 21.1. The average molecular weight is 565 g/mol. The highest BCUT2D eigenvalue weighted by Gasteiger charge is 2.35. The first-order valence-corrected chi connectivity index (χ1v) is 13.6. The summed E-state index contributed by atoms with van der Waals surface area (Å²) in [5, 5.41) is 7.40. The number of allylic oxidation sites excluding steroid dienone is 1. The largest absolute Gasteiger partial charge is 0.493 e. The van der Waals surface area contributed by atoms with Crippen molar-refractivity contribution in [2.75, 3.05) is 12.4 Å². The highest BCUT2D eigenvalue weighted by molar-refractivity contribution is 6.35. The Balaban J connectivity index is 1.41. The first-order valence-electron chi connectivity index (χ1n) is 12.4. The van der Waals surface area contributed by atoms with E-state index >= 15 is 0 Å². The van der Waals surface area contributed by atoms with Crippen LogP contribution in [-0.4, -0.2) is 12.9 Å². The van der Waals surface area contributed by atoms with Crippen molar-refractivity contribution in [2.45, 2.75) is 31.9 Å². The molecule has 0 unspecified atom stereocenters. The molecule has 0 spiro atoms. The molecule has 6 rings (SSSR count). The molecule has 0 fully saturated rings. The van der Waals surface area contributed by atoms with Gasteiger partial charge in [0.2, 0.25) is 0 Å². The Bertz CT molecular complexity index is 1630. The molecule has 2 aliphatic rings. The maximum atomic E-state index is 13.4. The van der Waals surface area contributed by atoms with Crippen LogP contribution in [0.4, 0.5) is 5.69 Å². The molecule has 0 radical (unpaired) electrons. The van der Waals surface area contributed by atoms with E-state index in [0.29, 0.717) is 33.0 Å². The molecule has 192 valence electrons. The number of anilines is 1. The molecule has 0 amide bonds. The maximum absolute atomic E-state index is 13.4. The maximum Gasteiger partial charge on any atom is 0.180 e. The number of carbonyl (C=O) groups is 1. The molecule has 1 atom stereocenters. The molecule has 0 aromatic heterocycles. The van der Waals surface area contributed by atoms with Gasteiger partial charge in [-0.1, -0.05) is 71.2 Å². The highest BCUT2D eigenvalue weighted by atomic mass is 35.5. The summed E-state index contributed by atoms with van der Waals surface area (Å²) in [6.07, 6.45) is 2.23. The van der Waals surface area contributed by atoms with E-state index in [4.69, 9.17) is 44.3 Å². The Kier molecular flexibility index (Phi) is 6.73. The van der Waals surface area contributed by atoms with Crippen molar-refractivity contribution in [2.24, 2.45) is 0 Å². The van der Waals surface area contributed by atoms with E-state index in [0.717, 1.165) is 57.1 Å². The van der Waals surface area contributed by atoms with Crippen molar-refractivity contribution in [3.8, 4) is 11.5 Å². The normalized spacial score (nSPS) is 16.6. The van der Waals surface area contributed by atoms with Gasteiger partial charge in [0.05, 0.1) is 18.2 Å². The second-order valence-corrected chi connectivity index (χ2v) is 10.8. The smallest absolute Gasteiger partial charge is 0.180 e. The van der Waals surface area contributed by atoms with Crippen molar-refractivity contribution >= 4 is 62.6 Å². The number of hydrogen-bond donors (Lipinski definition) is 1. The summed E-state index contributed by atoms with van der Waals surface area (Å²) in [7, 11) is 1.57. The van der Waals surface area contributed by atoms with Gasteiger partial charge in [0.1, 0.15) is 6.61 Å².